The van der Waals surface area contributed by atoms with Crippen molar-refractivity contribution >= 4 is 27.7 Å². The molecular weight excluding hydrogens is 338 g/mol. The first kappa shape index (κ1) is 14.0. The van der Waals surface area contributed by atoms with Crippen molar-refractivity contribution in [1.82, 2.24) is 20.2 Å². The van der Waals surface area contributed by atoms with Gasteiger partial charge in [-0.3, -0.25) is 0 Å². The summed E-state index contributed by atoms with van der Waals surface area (Å²) in [5.74, 6) is 0. The Morgan fingerprint density at radius 1 is 1.45 bits per heavy atom. The summed E-state index contributed by atoms with van der Waals surface area (Å²) in [6, 6.07) is 8.73. The van der Waals surface area contributed by atoms with Gasteiger partial charge < -0.3 is 5.73 Å². The largest absolute Gasteiger partial charge is 0.327 e. The van der Waals surface area contributed by atoms with Crippen LogP contribution < -0.4 is 5.73 Å². The highest BCUT2D eigenvalue weighted by atomic mass is 79.9. The third-order valence-electron chi connectivity index (χ3n) is 3.24. The molecule has 2 unspecified atom stereocenters. The van der Waals surface area contributed by atoms with Crippen LogP contribution in [0, 0.1) is 0 Å². The Morgan fingerprint density at radius 2 is 2.25 bits per heavy atom. The third-order valence-corrected chi connectivity index (χ3v) is 5.17. The average molecular weight is 354 g/mol. The van der Waals surface area contributed by atoms with Crippen LogP contribution in [-0.4, -0.2) is 26.2 Å². The minimum Gasteiger partial charge on any atom is -0.327 e. The molecule has 2 aromatic rings. The van der Waals surface area contributed by atoms with Crippen LogP contribution in [0.5, 0.6) is 0 Å². The lowest BCUT2D eigenvalue weighted by Gasteiger charge is -2.20. The molecule has 1 aliphatic rings. The fourth-order valence-corrected chi connectivity index (χ4v) is 3.61. The standard InChI is InChI=1S/C13H16BrN5S/c1-8(15)12(9-3-2-4-10(14)7-9)20-13-16-17-18-19(13)11-5-6-11/h2-4,7-8,11-12H,5-6,15H2,1H3. The number of nitrogens with zero attached hydrogens (tertiary/aromatic N) is 4. The molecular formula is C13H16BrN5S. The molecule has 0 radical (unpaired) electrons. The van der Waals surface area contributed by atoms with E-state index in [0.29, 0.717) is 6.04 Å². The van der Waals surface area contributed by atoms with Crippen molar-refractivity contribution in [1.29, 1.82) is 0 Å². The second-order valence-corrected chi connectivity index (χ2v) is 7.11. The lowest BCUT2D eigenvalue weighted by atomic mass is 10.1. The summed E-state index contributed by atoms with van der Waals surface area (Å²) in [7, 11) is 0. The average Bonchev–Trinajstić information content (AvgIpc) is 3.15. The zero-order valence-electron chi connectivity index (χ0n) is 11.1. The Bertz CT molecular complexity index is 596. The maximum atomic E-state index is 6.16. The third kappa shape index (κ3) is 3.05. The normalized spacial score (nSPS) is 17.9. The summed E-state index contributed by atoms with van der Waals surface area (Å²) in [6.45, 7) is 2.02. The van der Waals surface area contributed by atoms with Crippen LogP contribution in [-0.2, 0) is 0 Å². The van der Waals surface area contributed by atoms with Crippen LogP contribution in [0.25, 0.3) is 0 Å². The van der Waals surface area contributed by atoms with Crippen molar-refractivity contribution in [2.75, 3.05) is 0 Å². The van der Waals surface area contributed by atoms with Crippen molar-refractivity contribution < 1.29 is 0 Å². The molecule has 20 heavy (non-hydrogen) atoms. The minimum atomic E-state index is 0.0126. The van der Waals surface area contributed by atoms with Gasteiger partial charge in [-0.25, -0.2) is 4.68 Å². The number of benzene rings is 1. The van der Waals surface area contributed by atoms with Gasteiger partial charge in [0.05, 0.1) is 11.3 Å². The molecule has 2 N–H and O–H groups in total. The van der Waals surface area contributed by atoms with E-state index in [9.17, 15) is 0 Å². The molecule has 1 aliphatic carbocycles. The number of aromatic nitrogens is 4. The first-order valence-corrected chi connectivity index (χ1v) is 8.28. The van der Waals surface area contributed by atoms with Gasteiger partial charge in [0.1, 0.15) is 0 Å². The SMILES string of the molecule is CC(N)C(Sc1nnnn1C1CC1)c1cccc(Br)c1. The van der Waals surface area contributed by atoms with Gasteiger partial charge in [0.2, 0.25) is 5.16 Å². The smallest absolute Gasteiger partial charge is 0.210 e. The van der Waals surface area contributed by atoms with E-state index in [1.54, 1.807) is 11.8 Å². The Balaban J connectivity index is 1.86. The topological polar surface area (TPSA) is 69.6 Å². The maximum absolute atomic E-state index is 6.16. The zero-order chi connectivity index (χ0) is 14.1. The molecule has 5 nitrogen and oxygen atoms in total. The van der Waals surface area contributed by atoms with Crippen LogP contribution in [0.4, 0.5) is 0 Å². The second-order valence-electron chi connectivity index (χ2n) is 5.09. The van der Waals surface area contributed by atoms with Gasteiger partial charge in [-0.05, 0) is 47.9 Å². The second kappa shape index (κ2) is 5.83. The van der Waals surface area contributed by atoms with E-state index in [-0.39, 0.29) is 11.3 Å². The number of thioether (sulfide) groups is 1. The summed E-state index contributed by atoms with van der Waals surface area (Å²) in [5.41, 5.74) is 7.35. The molecule has 0 spiro atoms. The van der Waals surface area contributed by atoms with E-state index < -0.39 is 0 Å². The zero-order valence-corrected chi connectivity index (χ0v) is 13.5. The van der Waals surface area contributed by atoms with Crippen LogP contribution >= 0.6 is 27.7 Å². The lowest BCUT2D eigenvalue weighted by molar-refractivity contribution is 0.563. The summed E-state index contributed by atoms with van der Waals surface area (Å²) < 4.78 is 2.99. The lowest BCUT2D eigenvalue weighted by Crippen LogP contribution is -2.23. The quantitative estimate of drug-likeness (QED) is 0.836. The summed E-state index contributed by atoms with van der Waals surface area (Å²) in [6.07, 6.45) is 2.33. The molecule has 0 bridgehead atoms. The van der Waals surface area contributed by atoms with Crippen molar-refractivity contribution in [3.8, 4) is 0 Å². The predicted molar refractivity (Wildman–Crippen MR) is 82.5 cm³/mol. The Kier molecular flexibility index (Phi) is 4.09. The molecule has 0 amide bonds. The summed E-state index contributed by atoms with van der Waals surface area (Å²) >= 11 is 5.15. The van der Waals surface area contributed by atoms with Crippen molar-refractivity contribution in [3.63, 3.8) is 0 Å². The number of hydrogen-bond acceptors (Lipinski definition) is 5. The highest BCUT2D eigenvalue weighted by molar-refractivity contribution is 9.10. The first-order chi connectivity index (χ1) is 9.65. The molecule has 0 aliphatic heterocycles. The molecule has 1 saturated carbocycles. The van der Waals surface area contributed by atoms with Gasteiger partial charge in [0.15, 0.2) is 0 Å². The number of nitrogens with two attached hydrogens (primary N) is 1. The van der Waals surface area contributed by atoms with Gasteiger partial charge in [0, 0.05) is 10.5 Å². The van der Waals surface area contributed by atoms with E-state index in [0.717, 1.165) is 9.63 Å². The molecule has 1 fully saturated rings. The van der Waals surface area contributed by atoms with Gasteiger partial charge in [0.25, 0.3) is 0 Å². The van der Waals surface area contributed by atoms with Gasteiger partial charge >= 0.3 is 0 Å². The number of halogens is 1. The number of tetrazole rings is 1. The summed E-state index contributed by atoms with van der Waals surface area (Å²) in [4.78, 5) is 0. The predicted octanol–water partition coefficient (Wildman–Crippen LogP) is 2.95. The molecule has 3 rings (SSSR count). The molecule has 1 aromatic heterocycles. The van der Waals surface area contributed by atoms with Crippen LogP contribution in [0.1, 0.15) is 36.6 Å². The van der Waals surface area contributed by atoms with E-state index in [1.165, 1.54) is 18.4 Å². The number of hydrogen-bond donors (Lipinski definition) is 1. The van der Waals surface area contributed by atoms with E-state index in [1.807, 2.05) is 23.7 Å². The van der Waals surface area contributed by atoms with Gasteiger partial charge in [-0.2, -0.15) is 0 Å². The summed E-state index contributed by atoms with van der Waals surface area (Å²) in [5, 5.41) is 13.0. The Morgan fingerprint density at radius 3 is 2.90 bits per heavy atom. The van der Waals surface area contributed by atoms with E-state index in [4.69, 9.17) is 5.73 Å². The Hall–Kier alpha value is -0.920. The molecule has 0 saturated heterocycles. The fraction of sp³-hybridized carbons (Fsp3) is 0.462. The molecule has 7 heteroatoms. The van der Waals surface area contributed by atoms with E-state index >= 15 is 0 Å². The van der Waals surface area contributed by atoms with Crippen LogP contribution in [0.3, 0.4) is 0 Å². The molecule has 1 aromatic carbocycles. The Labute approximate surface area is 130 Å². The van der Waals surface area contributed by atoms with Crippen molar-refractivity contribution in [3.05, 3.63) is 34.3 Å². The van der Waals surface area contributed by atoms with Gasteiger partial charge in [-0.15, -0.1) is 5.10 Å². The molecule has 2 atom stereocenters. The highest BCUT2D eigenvalue weighted by Gasteiger charge is 2.30. The van der Waals surface area contributed by atoms with Crippen LogP contribution in [0.15, 0.2) is 33.9 Å². The monoisotopic (exact) mass is 353 g/mol. The minimum absolute atomic E-state index is 0.0126. The highest BCUT2D eigenvalue weighted by Crippen LogP contribution is 2.41. The van der Waals surface area contributed by atoms with Gasteiger partial charge in [-0.1, -0.05) is 39.8 Å². The van der Waals surface area contributed by atoms with Crippen molar-refractivity contribution in [2.24, 2.45) is 5.73 Å². The van der Waals surface area contributed by atoms with Crippen molar-refractivity contribution in [2.45, 2.75) is 42.3 Å². The molecule has 106 valence electrons. The fourth-order valence-electron chi connectivity index (χ4n) is 2.09. The maximum Gasteiger partial charge on any atom is 0.210 e. The van der Waals surface area contributed by atoms with E-state index in [2.05, 4.69) is 43.6 Å². The van der Waals surface area contributed by atoms with Crippen LogP contribution in [0.2, 0.25) is 0 Å². The molecule has 1 heterocycles. The first-order valence-electron chi connectivity index (χ1n) is 6.60. The number of rotatable bonds is 5.